The number of aliphatic hydroxyl groups excluding tert-OH is 1. The summed E-state index contributed by atoms with van der Waals surface area (Å²) in [6.07, 6.45) is 1.37. The van der Waals surface area contributed by atoms with Crippen molar-refractivity contribution in [2.45, 2.75) is 44.7 Å². The molecule has 1 aromatic rings. The van der Waals surface area contributed by atoms with Gasteiger partial charge in [-0.1, -0.05) is 30.3 Å². The predicted octanol–water partition coefficient (Wildman–Crippen LogP) is 2.49. The van der Waals surface area contributed by atoms with Gasteiger partial charge < -0.3 is 9.84 Å². The second kappa shape index (κ2) is 5.28. The molecule has 1 fully saturated rings. The van der Waals surface area contributed by atoms with Gasteiger partial charge in [0.05, 0.1) is 6.61 Å². The minimum absolute atomic E-state index is 0.0225. The number of Topliss-reactive ketones (excluding diaryl/α,β-unsaturated/α-hetero) is 1. The molecule has 0 bridgehead atoms. The van der Waals surface area contributed by atoms with Crippen molar-refractivity contribution >= 4 is 5.78 Å². The van der Waals surface area contributed by atoms with Gasteiger partial charge in [-0.15, -0.1) is 0 Å². The third-order valence-electron chi connectivity index (χ3n) is 4.23. The molecule has 1 heterocycles. The number of hydrogen-bond donors (Lipinski definition) is 1. The van der Waals surface area contributed by atoms with Crippen LogP contribution in [-0.2, 0) is 20.1 Å². The van der Waals surface area contributed by atoms with Crippen LogP contribution in [0.1, 0.15) is 43.1 Å². The summed E-state index contributed by atoms with van der Waals surface area (Å²) in [5.74, 6) is -0.908. The summed E-state index contributed by atoms with van der Waals surface area (Å²) in [5, 5.41) is 9.28. The number of carbonyl (C=O) groups is 1. The lowest BCUT2D eigenvalue weighted by Crippen LogP contribution is -2.58. The molecule has 0 spiro atoms. The third kappa shape index (κ3) is 2.21. The second-order valence-electron chi connectivity index (χ2n) is 6.15. The molecule has 0 radical (unpaired) electrons. The van der Waals surface area contributed by atoms with E-state index in [1.54, 1.807) is 26.0 Å². The molecule has 1 aliphatic heterocycles. The van der Waals surface area contributed by atoms with E-state index in [9.17, 15) is 9.90 Å². The van der Waals surface area contributed by atoms with Crippen LogP contribution in [0.15, 0.2) is 35.9 Å². The van der Waals surface area contributed by atoms with Gasteiger partial charge >= 0.3 is 0 Å². The zero-order valence-corrected chi connectivity index (χ0v) is 13.0. The molecule has 5 heteroatoms. The van der Waals surface area contributed by atoms with Crippen molar-refractivity contribution in [2.24, 2.45) is 0 Å². The molecule has 1 saturated heterocycles. The molecule has 118 valence electrons. The van der Waals surface area contributed by atoms with E-state index in [4.69, 9.17) is 14.5 Å². The van der Waals surface area contributed by atoms with Gasteiger partial charge in [0, 0.05) is 17.5 Å². The van der Waals surface area contributed by atoms with E-state index >= 15 is 0 Å². The summed E-state index contributed by atoms with van der Waals surface area (Å²) in [5.41, 5.74) is 1.07. The Labute approximate surface area is 129 Å². The molecular formula is C17H20O5. The Morgan fingerprint density at radius 2 is 2.09 bits per heavy atom. The Morgan fingerprint density at radius 3 is 2.82 bits per heavy atom. The van der Waals surface area contributed by atoms with Gasteiger partial charge in [-0.2, -0.15) is 0 Å². The SMILES string of the molecule is C/C(=C/CO)C12OOC(C)(C)OC1CC(=O)c1ccccc12. The van der Waals surface area contributed by atoms with Gasteiger partial charge in [0.2, 0.25) is 0 Å². The predicted molar refractivity (Wildman–Crippen MR) is 79.0 cm³/mol. The largest absolute Gasteiger partial charge is 0.392 e. The van der Waals surface area contributed by atoms with Crippen LogP contribution in [0.5, 0.6) is 0 Å². The number of hydrogen-bond acceptors (Lipinski definition) is 5. The number of rotatable bonds is 2. The summed E-state index contributed by atoms with van der Waals surface area (Å²) in [6, 6.07) is 7.31. The number of fused-ring (bicyclic) bond motifs is 3. The topological polar surface area (TPSA) is 65.0 Å². The van der Waals surface area contributed by atoms with Crippen LogP contribution in [0, 0.1) is 0 Å². The standard InChI is InChI=1S/C17H20O5/c1-11(8-9-18)17-13-7-5-4-6-12(13)14(19)10-15(17)20-16(2,3)21-22-17/h4-8,15,18H,9-10H2,1-3H3/b11-8-. The molecule has 2 aliphatic rings. The highest BCUT2D eigenvalue weighted by molar-refractivity contribution is 6.00. The summed E-state index contributed by atoms with van der Waals surface area (Å²) in [4.78, 5) is 23.7. The maximum atomic E-state index is 12.4. The molecule has 1 N–H and O–H groups in total. The van der Waals surface area contributed by atoms with Crippen molar-refractivity contribution in [2.75, 3.05) is 6.61 Å². The molecule has 5 nitrogen and oxygen atoms in total. The first kappa shape index (κ1) is 15.4. The van der Waals surface area contributed by atoms with Gasteiger partial charge in [-0.05, 0) is 26.3 Å². The number of ketones is 1. The van der Waals surface area contributed by atoms with Gasteiger partial charge in [0.25, 0.3) is 0 Å². The third-order valence-corrected chi connectivity index (χ3v) is 4.23. The van der Waals surface area contributed by atoms with Crippen molar-refractivity contribution in [3.8, 4) is 0 Å². The fraction of sp³-hybridized carbons (Fsp3) is 0.471. The highest BCUT2D eigenvalue weighted by Crippen LogP contribution is 2.49. The van der Waals surface area contributed by atoms with Crippen LogP contribution in [0.4, 0.5) is 0 Å². The van der Waals surface area contributed by atoms with Crippen LogP contribution < -0.4 is 0 Å². The Hall–Kier alpha value is -1.53. The van der Waals surface area contributed by atoms with Gasteiger partial charge in [-0.25, -0.2) is 9.78 Å². The first-order valence-electron chi connectivity index (χ1n) is 7.36. The molecule has 0 saturated carbocycles. The quantitative estimate of drug-likeness (QED) is 0.672. The zero-order chi connectivity index (χ0) is 16.0. The molecule has 3 rings (SSSR count). The van der Waals surface area contributed by atoms with Crippen LogP contribution >= 0.6 is 0 Å². The van der Waals surface area contributed by atoms with E-state index in [0.29, 0.717) is 11.1 Å². The molecule has 1 aromatic carbocycles. The van der Waals surface area contributed by atoms with E-state index < -0.39 is 17.5 Å². The summed E-state index contributed by atoms with van der Waals surface area (Å²) in [7, 11) is 0. The molecule has 2 atom stereocenters. The summed E-state index contributed by atoms with van der Waals surface area (Å²) >= 11 is 0. The first-order chi connectivity index (χ1) is 10.4. The fourth-order valence-corrected chi connectivity index (χ4v) is 3.22. The summed E-state index contributed by atoms with van der Waals surface area (Å²) < 4.78 is 5.99. The maximum absolute atomic E-state index is 12.4. The average Bonchev–Trinajstić information content (AvgIpc) is 2.47. The monoisotopic (exact) mass is 304 g/mol. The van der Waals surface area contributed by atoms with E-state index in [1.165, 1.54) is 0 Å². The lowest BCUT2D eigenvalue weighted by molar-refractivity contribution is -0.518. The second-order valence-corrected chi connectivity index (χ2v) is 6.15. The highest BCUT2D eigenvalue weighted by atomic mass is 17.2. The smallest absolute Gasteiger partial charge is 0.196 e. The van der Waals surface area contributed by atoms with Crippen molar-refractivity contribution in [3.63, 3.8) is 0 Å². The van der Waals surface area contributed by atoms with Crippen LogP contribution in [0.3, 0.4) is 0 Å². The Kier molecular flexibility index (Phi) is 3.69. The van der Waals surface area contributed by atoms with Crippen LogP contribution in [0.2, 0.25) is 0 Å². The van der Waals surface area contributed by atoms with Crippen molar-refractivity contribution < 1.29 is 24.4 Å². The fourth-order valence-electron chi connectivity index (χ4n) is 3.22. The lowest BCUT2D eigenvalue weighted by Gasteiger charge is -2.50. The molecule has 0 aromatic heterocycles. The van der Waals surface area contributed by atoms with Gasteiger partial charge in [-0.3, -0.25) is 4.79 Å². The van der Waals surface area contributed by atoms with Crippen molar-refractivity contribution in [1.29, 1.82) is 0 Å². The molecule has 22 heavy (non-hydrogen) atoms. The lowest BCUT2D eigenvalue weighted by atomic mass is 9.72. The first-order valence-corrected chi connectivity index (χ1v) is 7.36. The number of carbonyl (C=O) groups excluding carboxylic acids is 1. The number of aliphatic hydroxyl groups is 1. The highest BCUT2D eigenvalue weighted by Gasteiger charge is 2.56. The van der Waals surface area contributed by atoms with E-state index in [0.717, 1.165) is 5.57 Å². The molecule has 2 unspecified atom stereocenters. The molecule has 1 aliphatic carbocycles. The molecular weight excluding hydrogens is 284 g/mol. The van der Waals surface area contributed by atoms with E-state index in [-0.39, 0.29) is 18.8 Å². The Morgan fingerprint density at radius 1 is 1.36 bits per heavy atom. The normalized spacial score (nSPS) is 30.6. The maximum Gasteiger partial charge on any atom is 0.196 e. The van der Waals surface area contributed by atoms with E-state index in [1.807, 2.05) is 25.1 Å². The minimum atomic E-state index is -1.01. The summed E-state index contributed by atoms with van der Waals surface area (Å²) in [6.45, 7) is 5.21. The van der Waals surface area contributed by atoms with E-state index in [2.05, 4.69) is 0 Å². The van der Waals surface area contributed by atoms with Crippen molar-refractivity contribution in [3.05, 3.63) is 47.0 Å². The van der Waals surface area contributed by atoms with Gasteiger partial charge in [0.15, 0.2) is 17.2 Å². The average molecular weight is 304 g/mol. The Bertz CT molecular complexity index is 634. The Balaban J connectivity index is 2.20. The molecule has 0 amide bonds. The van der Waals surface area contributed by atoms with Gasteiger partial charge in [0.1, 0.15) is 6.10 Å². The van der Waals surface area contributed by atoms with Crippen LogP contribution in [-0.4, -0.2) is 29.4 Å². The minimum Gasteiger partial charge on any atom is -0.392 e. The number of ether oxygens (including phenoxy) is 1. The zero-order valence-electron chi connectivity index (χ0n) is 13.0. The van der Waals surface area contributed by atoms with Crippen LogP contribution in [0.25, 0.3) is 0 Å². The van der Waals surface area contributed by atoms with Crippen molar-refractivity contribution in [1.82, 2.24) is 0 Å². The number of benzene rings is 1.